The van der Waals surface area contributed by atoms with E-state index in [1.165, 1.54) is 4.88 Å². The number of aryl methyl sites for hydroxylation is 1. The molecule has 0 aliphatic rings. The first kappa shape index (κ1) is 24.9. The lowest BCUT2D eigenvalue weighted by Crippen LogP contribution is -2.41. The smallest absolute Gasteiger partial charge is 0.251 e. The molecule has 1 aromatic carbocycles. The highest BCUT2D eigenvalue weighted by molar-refractivity contribution is 14.0. The summed E-state index contributed by atoms with van der Waals surface area (Å²) in [6.07, 6.45) is 2.88. The number of nitrogens with zero attached hydrogens (tertiary/aromatic N) is 2. The van der Waals surface area contributed by atoms with E-state index in [0.717, 1.165) is 18.0 Å². The molecular weight excluding hydrogens is 532 g/mol. The standard InChI is InChI=1S/C18H23Cl2N5OS.HI/c1-3-13-10-24-16(27-13)11-25-18(21-4-2)23-8-7-22-17(26)12-5-6-14(19)15(20)9-12;/h5-6,9-10H,3-4,7-8,11H2,1-2H3,(H,22,26)(H2,21,23,25);1H. The number of amides is 1. The van der Waals surface area contributed by atoms with Gasteiger partial charge in [0, 0.05) is 36.3 Å². The average molecular weight is 556 g/mol. The van der Waals surface area contributed by atoms with Gasteiger partial charge in [0.05, 0.1) is 16.6 Å². The molecule has 0 atom stereocenters. The van der Waals surface area contributed by atoms with Crippen LogP contribution in [0.25, 0.3) is 0 Å². The monoisotopic (exact) mass is 555 g/mol. The van der Waals surface area contributed by atoms with Crippen molar-refractivity contribution in [3.05, 3.63) is 49.9 Å². The van der Waals surface area contributed by atoms with Crippen LogP contribution in [0.4, 0.5) is 0 Å². The second-order valence-corrected chi connectivity index (χ2v) is 7.59. The fourth-order valence-electron chi connectivity index (χ4n) is 2.17. The molecule has 3 N–H and O–H groups in total. The Kier molecular flexibility index (Phi) is 11.7. The van der Waals surface area contributed by atoms with Gasteiger partial charge in [-0.15, -0.1) is 35.3 Å². The predicted molar refractivity (Wildman–Crippen MR) is 129 cm³/mol. The number of rotatable bonds is 8. The van der Waals surface area contributed by atoms with Gasteiger partial charge in [-0.3, -0.25) is 4.79 Å². The molecule has 6 nitrogen and oxygen atoms in total. The lowest BCUT2D eigenvalue weighted by molar-refractivity contribution is 0.0954. The molecule has 28 heavy (non-hydrogen) atoms. The second kappa shape index (κ2) is 13.2. The van der Waals surface area contributed by atoms with Gasteiger partial charge in [0.25, 0.3) is 5.91 Å². The average Bonchev–Trinajstić information content (AvgIpc) is 3.13. The van der Waals surface area contributed by atoms with Crippen molar-refractivity contribution in [3.8, 4) is 0 Å². The van der Waals surface area contributed by atoms with E-state index in [1.807, 2.05) is 13.1 Å². The largest absolute Gasteiger partial charge is 0.357 e. The van der Waals surface area contributed by atoms with Crippen LogP contribution in [-0.2, 0) is 13.0 Å². The summed E-state index contributed by atoms with van der Waals surface area (Å²) in [5, 5.41) is 11.0. The molecule has 0 unspecified atom stereocenters. The van der Waals surface area contributed by atoms with Crippen molar-refractivity contribution >= 4 is 70.4 Å². The molecule has 0 aliphatic heterocycles. The molecule has 1 amide bonds. The molecule has 2 rings (SSSR count). The number of thiazole rings is 1. The van der Waals surface area contributed by atoms with E-state index in [0.29, 0.717) is 41.2 Å². The highest BCUT2D eigenvalue weighted by atomic mass is 127. The van der Waals surface area contributed by atoms with E-state index in [2.05, 4.69) is 32.9 Å². The molecule has 0 saturated carbocycles. The highest BCUT2D eigenvalue weighted by Crippen LogP contribution is 2.22. The van der Waals surface area contributed by atoms with Crippen molar-refractivity contribution in [2.45, 2.75) is 26.8 Å². The van der Waals surface area contributed by atoms with Gasteiger partial charge < -0.3 is 16.0 Å². The lowest BCUT2D eigenvalue weighted by Gasteiger charge is -2.11. The third-order valence-corrected chi connectivity index (χ3v) is 5.42. The van der Waals surface area contributed by atoms with Gasteiger partial charge in [0.15, 0.2) is 5.96 Å². The fourth-order valence-corrected chi connectivity index (χ4v) is 3.25. The topological polar surface area (TPSA) is 78.4 Å². The number of benzene rings is 1. The summed E-state index contributed by atoms with van der Waals surface area (Å²) in [7, 11) is 0. The summed E-state index contributed by atoms with van der Waals surface area (Å²) in [6, 6.07) is 4.80. The van der Waals surface area contributed by atoms with Crippen LogP contribution in [0.15, 0.2) is 29.4 Å². The third kappa shape index (κ3) is 8.10. The summed E-state index contributed by atoms with van der Waals surface area (Å²) in [6.45, 7) is 6.37. The van der Waals surface area contributed by atoms with E-state index in [1.54, 1.807) is 29.5 Å². The van der Waals surface area contributed by atoms with Crippen LogP contribution < -0.4 is 16.0 Å². The van der Waals surface area contributed by atoms with Crippen LogP contribution in [0.2, 0.25) is 10.0 Å². The predicted octanol–water partition coefficient (Wildman–Crippen LogP) is 4.12. The number of nitrogens with one attached hydrogen (secondary N) is 3. The van der Waals surface area contributed by atoms with Gasteiger partial charge in [-0.05, 0) is 31.5 Å². The van der Waals surface area contributed by atoms with Crippen LogP contribution in [0.5, 0.6) is 0 Å². The van der Waals surface area contributed by atoms with Gasteiger partial charge in [-0.1, -0.05) is 30.1 Å². The van der Waals surface area contributed by atoms with Crippen LogP contribution >= 0.6 is 58.5 Å². The molecule has 0 spiro atoms. The van der Waals surface area contributed by atoms with Crippen LogP contribution in [0.1, 0.15) is 34.1 Å². The van der Waals surface area contributed by atoms with Crippen molar-refractivity contribution in [1.82, 2.24) is 20.9 Å². The summed E-state index contributed by atoms with van der Waals surface area (Å²) < 4.78 is 0. The maximum atomic E-state index is 12.1. The van der Waals surface area contributed by atoms with Gasteiger partial charge in [0.1, 0.15) is 5.01 Å². The van der Waals surface area contributed by atoms with Crippen molar-refractivity contribution in [1.29, 1.82) is 0 Å². The summed E-state index contributed by atoms with van der Waals surface area (Å²) in [4.78, 5) is 22.3. The molecule has 154 valence electrons. The Bertz CT molecular complexity index is 800. The number of carbonyl (C=O) groups excluding carboxylic acids is 1. The molecule has 1 aromatic heterocycles. The Hall–Kier alpha value is -1.10. The normalized spacial score (nSPS) is 10.9. The van der Waals surface area contributed by atoms with Crippen LogP contribution in [0.3, 0.4) is 0 Å². The van der Waals surface area contributed by atoms with Gasteiger partial charge in [-0.25, -0.2) is 9.98 Å². The van der Waals surface area contributed by atoms with Crippen molar-refractivity contribution in [3.63, 3.8) is 0 Å². The third-order valence-electron chi connectivity index (χ3n) is 3.55. The molecule has 10 heteroatoms. The van der Waals surface area contributed by atoms with Gasteiger partial charge in [0.2, 0.25) is 0 Å². The Morgan fingerprint density at radius 1 is 1.14 bits per heavy atom. The summed E-state index contributed by atoms with van der Waals surface area (Å²) in [5.41, 5.74) is 0.473. The van der Waals surface area contributed by atoms with Crippen molar-refractivity contribution in [2.75, 3.05) is 19.6 Å². The van der Waals surface area contributed by atoms with Gasteiger partial charge in [-0.2, -0.15) is 0 Å². The Morgan fingerprint density at radius 3 is 2.54 bits per heavy atom. The fraction of sp³-hybridized carbons (Fsp3) is 0.389. The highest BCUT2D eigenvalue weighted by Gasteiger charge is 2.07. The van der Waals surface area contributed by atoms with Crippen LogP contribution in [-0.4, -0.2) is 36.5 Å². The maximum absolute atomic E-state index is 12.1. The van der Waals surface area contributed by atoms with E-state index < -0.39 is 0 Å². The Balaban J connectivity index is 0.00000392. The number of aliphatic imine (C=N–C) groups is 1. The first-order valence-corrected chi connectivity index (χ1v) is 10.3. The van der Waals surface area contributed by atoms with Gasteiger partial charge >= 0.3 is 0 Å². The molecule has 0 bridgehead atoms. The first-order valence-electron chi connectivity index (χ1n) is 8.72. The zero-order chi connectivity index (χ0) is 19.6. The number of guanidine groups is 1. The minimum Gasteiger partial charge on any atom is -0.357 e. The summed E-state index contributed by atoms with van der Waals surface area (Å²) in [5.74, 6) is 0.488. The molecule has 2 aromatic rings. The van der Waals surface area contributed by atoms with E-state index in [-0.39, 0.29) is 29.9 Å². The number of carbonyl (C=O) groups is 1. The molecule has 0 fully saturated rings. The first-order chi connectivity index (χ1) is 13.0. The SMILES string of the molecule is CCNC(=NCc1ncc(CC)s1)NCCNC(=O)c1ccc(Cl)c(Cl)c1.I. The minimum absolute atomic E-state index is 0. The van der Waals surface area contributed by atoms with E-state index in [4.69, 9.17) is 23.2 Å². The van der Waals surface area contributed by atoms with Crippen molar-refractivity contribution < 1.29 is 4.79 Å². The minimum atomic E-state index is -0.202. The number of hydrogen-bond donors (Lipinski definition) is 3. The molecule has 0 radical (unpaired) electrons. The number of hydrogen-bond acceptors (Lipinski definition) is 4. The molecule has 0 saturated heterocycles. The molecular formula is C18H24Cl2IN5OS. The van der Waals surface area contributed by atoms with E-state index in [9.17, 15) is 4.79 Å². The maximum Gasteiger partial charge on any atom is 0.251 e. The molecule has 0 aliphatic carbocycles. The Labute approximate surface area is 196 Å². The number of aromatic nitrogens is 1. The van der Waals surface area contributed by atoms with E-state index >= 15 is 0 Å². The zero-order valence-electron chi connectivity index (χ0n) is 15.7. The Morgan fingerprint density at radius 2 is 1.89 bits per heavy atom. The second-order valence-electron chi connectivity index (χ2n) is 5.58. The summed E-state index contributed by atoms with van der Waals surface area (Å²) >= 11 is 13.5. The zero-order valence-corrected chi connectivity index (χ0v) is 20.4. The lowest BCUT2D eigenvalue weighted by atomic mass is 10.2. The number of halogens is 3. The van der Waals surface area contributed by atoms with Crippen LogP contribution in [0, 0.1) is 0 Å². The quantitative estimate of drug-likeness (QED) is 0.198. The van der Waals surface area contributed by atoms with Crippen molar-refractivity contribution in [2.24, 2.45) is 4.99 Å². The molecule has 1 heterocycles.